The Morgan fingerprint density at radius 2 is 1.86 bits per heavy atom. The first-order chi connectivity index (χ1) is 10.1. The third kappa shape index (κ3) is 5.30. The average Bonchev–Trinajstić information content (AvgIpc) is 2.80. The molecule has 21 heavy (non-hydrogen) atoms. The number of fused-ring (bicyclic) bond motifs is 1. The Labute approximate surface area is 131 Å². The number of carbonyl (C=O) groups excluding carboxylic acids is 1. The van der Waals surface area contributed by atoms with Crippen molar-refractivity contribution in [2.45, 2.75) is 78.6 Å². The quantitative estimate of drug-likeness (QED) is 0.574. The molecule has 0 aromatic heterocycles. The Bertz CT molecular complexity index is 324. The van der Waals surface area contributed by atoms with Crippen molar-refractivity contribution >= 4 is 5.97 Å². The van der Waals surface area contributed by atoms with Crippen molar-refractivity contribution in [3.05, 3.63) is 0 Å². The van der Waals surface area contributed by atoms with E-state index in [0.29, 0.717) is 12.5 Å². The number of hydrogen-bond acceptors (Lipinski definition) is 2. The lowest BCUT2D eigenvalue weighted by Crippen LogP contribution is -2.25. The largest absolute Gasteiger partial charge is 0.465 e. The number of esters is 1. The molecule has 2 aliphatic rings. The first-order valence-corrected chi connectivity index (χ1v) is 9.23. The molecule has 1 saturated carbocycles. The molecule has 1 aliphatic carbocycles. The van der Waals surface area contributed by atoms with E-state index < -0.39 is 0 Å². The van der Waals surface area contributed by atoms with Gasteiger partial charge in [0.05, 0.1) is 12.5 Å². The third-order valence-electron chi connectivity index (χ3n) is 5.62. The van der Waals surface area contributed by atoms with Crippen LogP contribution in [0.25, 0.3) is 0 Å². The maximum atomic E-state index is 11.5. The van der Waals surface area contributed by atoms with E-state index in [9.17, 15) is 4.79 Å². The van der Waals surface area contributed by atoms with Crippen LogP contribution in [-0.4, -0.2) is 12.6 Å². The van der Waals surface area contributed by atoms with Crippen LogP contribution in [0, 0.1) is 29.6 Å². The molecule has 2 rings (SSSR count). The number of ether oxygens (including phenoxy) is 1. The maximum absolute atomic E-state index is 11.5. The molecule has 0 amide bonds. The summed E-state index contributed by atoms with van der Waals surface area (Å²) in [7, 11) is 0. The van der Waals surface area contributed by atoms with Crippen molar-refractivity contribution in [2.24, 2.45) is 29.6 Å². The minimum Gasteiger partial charge on any atom is -0.465 e. The number of hydrogen-bond donors (Lipinski definition) is 0. The lowest BCUT2D eigenvalue weighted by atomic mass is 9.74. The molecular formula is C19H34O2. The molecule has 1 aliphatic heterocycles. The molecule has 0 bridgehead atoms. The normalized spacial score (nSPS) is 30.3. The minimum atomic E-state index is 0.0808. The van der Waals surface area contributed by atoms with E-state index in [1.54, 1.807) is 0 Å². The number of carbonyl (C=O) groups is 1. The molecule has 4 atom stereocenters. The molecule has 2 nitrogen and oxygen atoms in total. The van der Waals surface area contributed by atoms with Gasteiger partial charge in [0.2, 0.25) is 0 Å². The molecule has 1 saturated heterocycles. The van der Waals surface area contributed by atoms with E-state index in [1.807, 2.05) is 0 Å². The van der Waals surface area contributed by atoms with Gasteiger partial charge in [-0.15, -0.1) is 0 Å². The van der Waals surface area contributed by atoms with Crippen LogP contribution in [0.4, 0.5) is 0 Å². The van der Waals surface area contributed by atoms with Gasteiger partial charge in [-0.25, -0.2) is 0 Å². The summed E-state index contributed by atoms with van der Waals surface area (Å²) in [5.74, 6) is 3.46. The smallest absolute Gasteiger partial charge is 0.309 e. The second-order valence-corrected chi connectivity index (χ2v) is 8.04. The Morgan fingerprint density at radius 3 is 2.62 bits per heavy atom. The molecule has 2 fully saturated rings. The summed E-state index contributed by atoms with van der Waals surface area (Å²) in [4.78, 5) is 11.5. The molecular weight excluding hydrogens is 260 g/mol. The van der Waals surface area contributed by atoms with Crippen molar-refractivity contribution in [3.8, 4) is 0 Å². The van der Waals surface area contributed by atoms with Crippen molar-refractivity contribution in [2.75, 3.05) is 6.61 Å². The van der Waals surface area contributed by atoms with Crippen molar-refractivity contribution in [1.29, 1.82) is 0 Å². The molecule has 1 heterocycles. The van der Waals surface area contributed by atoms with Gasteiger partial charge in [0.15, 0.2) is 0 Å². The SMILES string of the molecule is CC(C)CCCC(C)CCCC1CCC2C(=O)OCC2C1. The van der Waals surface area contributed by atoms with Crippen molar-refractivity contribution in [1.82, 2.24) is 0 Å². The van der Waals surface area contributed by atoms with Gasteiger partial charge < -0.3 is 4.74 Å². The van der Waals surface area contributed by atoms with E-state index in [1.165, 1.54) is 51.4 Å². The summed E-state index contributed by atoms with van der Waals surface area (Å²) in [5, 5.41) is 0. The van der Waals surface area contributed by atoms with E-state index >= 15 is 0 Å². The molecule has 0 radical (unpaired) electrons. The summed E-state index contributed by atoms with van der Waals surface area (Å²) in [6, 6.07) is 0. The van der Waals surface area contributed by atoms with Crippen LogP contribution in [0.5, 0.6) is 0 Å². The lowest BCUT2D eigenvalue weighted by molar-refractivity contribution is -0.141. The summed E-state index contributed by atoms with van der Waals surface area (Å²) in [6.45, 7) is 7.75. The van der Waals surface area contributed by atoms with Gasteiger partial charge in [0.1, 0.15) is 0 Å². The molecule has 122 valence electrons. The second-order valence-electron chi connectivity index (χ2n) is 8.04. The van der Waals surface area contributed by atoms with E-state index in [2.05, 4.69) is 20.8 Å². The summed E-state index contributed by atoms with van der Waals surface area (Å²) in [6.07, 6.45) is 11.9. The Morgan fingerprint density at radius 1 is 1.10 bits per heavy atom. The lowest BCUT2D eigenvalue weighted by Gasteiger charge is -2.29. The monoisotopic (exact) mass is 294 g/mol. The fourth-order valence-corrected chi connectivity index (χ4v) is 4.19. The molecule has 2 heteroatoms. The highest BCUT2D eigenvalue weighted by Gasteiger charge is 2.40. The second kappa shape index (κ2) is 8.19. The van der Waals surface area contributed by atoms with E-state index in [4.69, 9.17) is 4.74 Å². The summed E-state index contributed by atoms with van der Waals surface area (Å²) < 4.78 is 5.22. The average molecular weight is 294 g/mol. The van der Waals surface area contributed by atoms with E-state index in [0.717, 1.165) is 24.2 Å². The zero-order chi connectivity index (χ0) is 15.2. The first kappa shape index (κ1) is 16.8. The molecule has 0 spiro atoms. The van der Waals surface area contributed by atoms with Gasteiger partial charge in [-0.05, 0) is 37.0 Å². The molecule has 0 aromatic carbocycles. The van der Waals surface area contributed by atoms with Crippen LogP contribution in [0.1, 0.15) is 78.6 Å². The maximum Gasteiger partial charge on any atom is 0.309 e. The van der Waals surface area contributed by atoms with Gasteiger partial charge in [0.25, 0.3) is 0 Å². The zero-order valence-electron chi connectivity index (χ0n) is 14.3. The summed E-state index contributed by atoms with van der Waals surface area (Å²) >= 11 is 0. The van der Waals surface area contributed by atoms with Crippen LogP contribution in [0.15, 0.2) is 0 Å². The van der Waals surface area contributed by atoms with Gasteiger partial charge in [-0.3, -0.25) is 4.79 Å². The van der Waals surface area contributed by atoms with Crippen LogP contribution >= 0.6 is 0 Å². The van der Waals surface area contributed by atoms with Crippen molar-refractivity contribution in [3.63, 3.8) is 0 Å². The van der Waals surface area contributed by atoms with Crippen molar-refractivity contribution < 1.29 is 9.53 Å². The number of rotatable bonds is 8. The third-order valence-corrected chi connectivity index (χ3v) is 5.62. The van der Waals surface area contributed by atoms with Crippen LogP contribution in [-0.2, 0) is 9.53 Å². The zero-order valence-corrected chi connectivity index (χ0v) is 14.3. The predicted molar refractivity (Wildman–Crippen MR) is 87.0 cm³/mol. The highest BCUT2D eigenvalue weighted by atomic mass is 16.5. The number of cyclic esters (lactones) is 1. The minimum absolute atomic E-state index is 0.0808. The molecule has 0 aromatic rings. The van der Waals surface area contributed by atoms with Crippen LogP contribution < -0.4 is 0 Å². The Kier molecular flexibility index (Phi) is 6.57. The van der Waals surface area contributed by atoms with Gasteiger partial charge in [-0.1, -0.05) is 59.3 Å². The highest BCUT2D eigenvalue weighted by Crippen LogP contribution is 2.40. The van der Waals surface area contributed by atoms with Crippen LogP contribution in [0.2, 0.25) is 0 Å². The Balaban J connectivity index is 1.56. The first-order valence-electron chi connectivity index (χ1n) is 9.23. The standard InChI is InChI=1S/C19H34O2/c1-14(2)6-4-7-15(3)8-5-9-16-10-11-18-17(12-16)13-21-19(18)20/h14-18H,4-13H2,1-3H3. The summed E-state index contributed by atoms with van der Waals surface area (Å²) in [5.41, 5.74) is 0. The molecule has 0 N–H and O–H groups in total. The van der Waals surface area contributed by atoms with Gasteiger partial charge in [0, 0.05) is 5.92 Å². The fourth-order valence-electron chi connectivity index (χ4n) is 4.19. The van der Waals surface area contributed by atoms with Crippen LogP contribution in [0.3, 0.4) is 0 Å². The highest BCUT2D eigenvalue weighted by molar-refractivity contribution is 5.74. The molecule has 4 unspecified atom stereocenters. The van der Waals surface area contributed by atoms with Gasteiger partial charge >= 0.3 is 5.97 Å². The van der Waals surface area contributed by atoms with E-state index in [-0.39, 0.29) is 11.9 Å². The topological polar surface area (TPSA) is 26.3 Å². The Hall–Kier alpha value is -0.530. The van der Waals surface area contributed by atoms with Gasteiger partial charge in [-0.2, -0.15) is 0 Å². The fraction of sp³-hybridized carbons (Fsp3) is 0.947. The predicted octanol–water partition coefficient (Wildman–Crippen LogP) is 5.21.